The van der Waals surface area contributed by atoms with Crippen molar-refractivity contribution in [1.29, 1.82) is 0 Å². The molecule has 0 saturated carbocycles. The number of nitrogens with zero attached hydrogens (tertiary/aromatic N) is 3. The number of carbonyl (C=O) groups excluding carboxylic acids is 1. The molecule has 4 aromatic rings. The number of halogens is 1. The van der Waals surface area contributed by atoms with Gasteiger partial charge in [-0.1, -0.05) is 6.07 Å². The van der Waals surface area contributed by atoms with Gasteiger partial charge in [0.1, 0.15) is 23.2 Å². The summed E-state index contributed by atoms with van der Waals surface area (Å²) < 4.78 is 25.3. The molecule has 136 valence electrons. The number of aromatic nitrogens is 3. The number of aromatic amines is 1. The topological polar surface area (TPSA) is 88.2 Å². The molecular weight excluding hydrogens is 351 g/mol. The number of H-pyrrole nitrogens is 1. The molecule has 0 aliphatic carbocycles. The standard InChI is InChI=1S/C19H15FN4O3/c1-10-18(26-9-23-10)19(25)24-6-5-13-16(22-8-21-13)17(24)15-7-11-12(20)3-2-4-14(11)27-15/h2-4,7-9,17H,5-6H2,1H3,(H,21,22)/t17-/m0/s1. The van der Waals surface area contributed by atoms with Gasteiger partial charge in [0.25, 0.3) is 5.91 Å². The zero-order valence-corrected chi connectivity index (χ0v) is 14.4. The molecule has 1 aromatic carbocycles. The van der Waals surface area contributed by atoms with E-state index in [0.29, 0.717) is 41.1 Å². The van der Waals surface area contributed by atoms with Crippen molar-refractivity contribution in [3.05, 3.63) is 71.4 Å². The Morgan fingerprint density at radius 3 is 3.04 bits per heavy atom. The highest BCUT2D eigenvalue weighted by Crippen LogP contribution is 2.37. The molecule has 1 aliphatic heterocycles. The molecule has 0 unspecified atom stereocenters. The molecule has 0 radical (unpaired) electrons. The van der Waals surface area contributed by atoms with Crippen molar-refractivity contribution < 1.29 is 18.0 Å². The monoisotopic (exact) mass is 366 g/mol. The summed E-state index contributed by atoms with van der Waals surface area (Å²) in [5.41, 5.74) is 2.56. The molecule has 1 N–H and O–H groups in total. The van der Waals surface area contributed by atoms with Gasteiger partial charge in [-0.15, -0.1) is 0 Å². The lowest BCUT2D eigenvalue weighted by Crippen LogP contribution is -2.40. The Balaban J connectivity index is 1.66. The quantitative estimate of drug-likeness (QED) is 0.588. The van der Waals surface area contributed by atoms with Crippen LogP contribution < -0.4 is 0 Å². The maximum Gasteiger partial charge on any atom is 0.292 e. The van der Waals surface area contributed by atoms with E-state index in [1.54, 1.807) is 36.4 Å². The Hall–Kier alpha value is -3.42. The predicted octanol–water partition coefficient (Wildman–Crippen LogP) is 3.38. The number of fused-ring (bicyclic) bond motifs is 2. The van der Waals surface area contributed by atoms with Crippen LogP contribution >= 0.6 is 0 Å². The van der Waals surface area contributed by atoms with E-state index in [2.05, 4.69) is 15.0 Å². The maximum atomic E-state index is 14.1. The van der Waals surface area contributed by atoms with Crippen molar-refractivity contribution in [2.75, 3.05) is 6.54 Å². The highest BCUT2D eigenvalue weighted by Gasteiger charge is 2.38. The van der Waals surface area contributed by atoms with Crippen LogP contribution in [0, 0.1) is 12.7 Å². The molecule has 8 heteroatoms. The molecule has 0 spiro atoms. The summed E-state index contributed by atoms with van der Waals surface area (Å²) in [5, 5.41) is 0.374. The van der Waals surface area contributed by atoms with Gasteiger partial charge >= 0.3 is 0 Å². The van der Waals surface area contributed by atoms with E-state index < -0.39 is 6.04 Å². The van der Waals surface area contributed by atoms with Crippen LogP contribution in [-0.2, 0) is 6.42 Å². The number of imidazole rings is 1. The lowest BCUT2D eigenvalue weighted by atomic mass is 9.99. The second-order valence-corrected chi connectivity index (χ2v) is 6.48. The summed E-state index contributed by atoms with van der Waals surface area (Å²) in [7, 11) is 0. The van der Waals surface area contributed by atoms with Crippen LogP contribution in [0.15, 0.2) is 45.8 Å². The largest absolute Gasteiger partial charge is 0.458 e. The molecular formula is C19H15FN4O3. The smallest absolute Gasteiger partial charge is 0.292 e. The van der Waals surface area contributed by atoms with E-state index in [0.717, 1.165) is 5.69 Å². The lowest BCUT2D eigenvalue weighted by Gasteiger charge is -2.33. The molecule has 5 rings (SSSR count). The number of rotatable bonds is 2. The van der Waals surface area contributed by atoms with E-state index in [9.17, 15) is 9.18 Å². The van der Waals surface area contributed by atoms with Gasteiger partial charge in [0.15, 0.2) is 6.39 Å². The molecule has 1 aliphatic rings. The van der Waals surface area contributed by atoms with E-state index in [4.69, 9.17) is 8.83 Å². The maximum absolute atomic E-state index is 14.1. The number of benzene rings is 1. The van der Waals surface area contributed by atoms with Crippen molar-refractivity contribution >= 4 is 16.9 Å². The predicted molar refractivity (Wildman–Crippen MR) is 92.6 cm³/mol. The normalized spacial score (nSPS) is 16.7. The number of furan rings is 1. The second kappa shape index (κ2) is 5.80. The van der Waals surface area contributed by atoms with Crippen LogP contribution in [-0.4, -0.2) is 32.3 Å². The van der Waals surface area contributed by atoms with E-state index in [1.807, 2.05) is 0 Å². The zero-order valence-electron chi connectivity index (χ0n) is 14.4. The van der Waals surface area contributed by atoms with Gasteiger partial charge in [-0.3, -0.25) is 4.79 Å². The number of hydrogen-bond acceptors (Lipinski definition) is 5. The van der Waals surface area contributed by atoms with Gasteiger partial charge in [0, 0.05) is 18.7 Å². The minimum Gasteiger partial charge on any atom is -0.458 e. The van der Waals surface area contributed by atoms with Crippen molar-refractivity contribution in [1.82, 2.24) is 19.9 Å². The molecule has 0 saturated heterocycles. The van der Waals surface area contributed by atoms with Crippen LogP contribution in [0.3, 0.4) is 0 Å². The first kappa shape index (κ1) is 15.8. The van der Waals surface area contributed by atoms with Crippen molar-refractivity contribution in [2.45, 2.75) is 19.4 Å². The van der Waals surface area contributed by atoms with Crippen molar-refractivity contribution in [2.24, 2.45) is 0 Å². The first-order chi connectivity index (χ1) is 13.1. The van der Waals surface area contributed by atoms with Gasteiger partial charge in [-0.2, -0.15) is 0 Å². The Morgan fingerprint density at radius 1 is 1.37 bits per heavy atom. The Bertz CT molecular complexity index is 1160. The van der Waals surface area contributed by atoms with Gasteiger partial charge in [0.2, 0.25) is 5.76 Å². The third-order valence-corrected chi connectivity index (χ3v) is 4.92. The third-order valence-electron chi connectivity index (χ3n) is 4.92. The summed E-state index contributed by atoms with van der Waals surface area (Å²) in [5.74, 6) is -0.0379. The number of aryl methyl sites for hydroxylation is 1. The first-order valence-corrected chi connectivity index (χ1v) is 8.54. The Labute approximate surface area is 152 Å². The molecule has 1 atom stereocenters. The average molecular weight is 366 g/mol. The first-order valence-electron chi connectivity index (χ1n) is 8.54. The summed E-state index contributed by atoms with van der Waals surface area (Å²) in [6, 6.07) is 5.72. The highest BCUT2D eigenvalue weighted by molar-refractivity contribution is 5.93. The SMILES string of the molecule is Cc1ncoc1C(=O)N1CCc2[nH]cnc2[C@@H]1c1cc2c(F)cccc2o1. The molecule has 0 bridgehead atoms. The molecule has 3 aromatic heterocycles. The summed E-state index contributed by atoms with van der Waals surface area (Å²) >= 11 is 0. The number of carbonyl (C=O) groups is 1. The average Bonchev–Trinajstić information content (AvgIpc) is 3.39. The van der Waals surface area contributed by atoms with Crippen LogP contribution in [0.1, 0.15) is 39.4 Å². The fourth-order valence-electron chi connectivity index (χ4n) is 3.60. The van der Waals surface area contributed by atoms with E-state index >= 15 is 0 Å². The fourth-order valence-corrected chi connectivity index (χ4v) is 3.60. The molecule has 7 nitrogen and oxygen atoms in total. The number of oxazole rings is 1. The summed E-state index contributed by atoms with van der Waals surface area (Å²) in [4.78, 5) is 26.3. The van der Waals surface area contributed by atoms with Gasteiger partial charge in [0.05, 0.1) is 23.1 Å². The Morgan fingerprint density at radius 2 is 2.26 bits per heavy atom. The Kier molecular flexibility index (Phi) is 3.40. The zero-order chi connectivity index (χ0) is 18.5. The lowest BCUT2D eigenvalue weighted by molar-refractivity contribution is 0.0639. The van der Waals surface area contributed by atoms with Gasteiger partial charge < -0.3 is 18.7 Å². The molecule has 4 heterocycles. The summed E-state index contributed by atoms with van der Waals surface area (Å²) in [6.07, 6.45) is 3.46. The van der Waals surface area contributed by atoms with Crippen LogP contribution in [0.4, 0.5) is 4.39 Å². The fraction of sp³-hybridized carbons (Fsp3) is 0.211. The molecule has 1 amide bonds. The van der Waals surface area contributed by atoms with Gasteiger partial charge in [-0.05, 0) is 25.1 Å². The third kappa shape index (κ3) is 2.37. The van der Waals surface area contributed by atoms with Crippen LogP contribution in [0.5, 0.6) is 0 Å². The number of hydrogen-bond donors (Lipinski definition) is 1. The number of nitrogens with one attached hydrogen (secondary N) is 1. The summed E-state index contributed by atoms with van der Waals surface area (Å²) in [6.45, 7) is 2.16. The van der Waals surface area contributed by atoms with Crippen molar-refractivity contribution in [3.8, 4) is 0 Å². The second-order valence-electron chi connectivity index (χ2n) is 6.48. The number of amides is 1. The van der Waals surface area contributed by atoms with Crippen molar-refractivity contribution in [3.63, 3.8) is 0 Å². The van der Waals surface area contributed by atoms with Crippen LogP contribution in [0.2, 0.25) is 0 Å². The minimum absolute atomic E-state index is 0.182. The highest BCUT2D eigenvalue weighted by atomic mass is 19.1. The van der Waals surface area contributed by atoms with E-state index in [1.165, 1.54) is 12.5 Å². The van der Waals surface area contributed by atoms with E-state index in [-0.39, 0.29) is 17.5 Å². The van der Waals surface area contributed by atoms with Gasteiger partial charge in [-0.25, -0.2) is 14.4 Å². The van der Waals surface area contributed by atoms with Crippen LogP contribution in [0.25, 0.3) is 11.0 Å². The molecule has 0 fully saturated rings. The molecule has 27 heavy (non-hydrogen) atoms. The minimum atomic E-state index is -0.580.